The molecule has 4 aromatic carbocycles. The van der Waals surface area contributed by atoms with E-state index in [0.29, 0.717) is 0 Å². The van der Waals surface area contributed by atoms with Gasteiger partial charge in [-0.2, -0.15) is 16.8 Å². The second kappa shape index (κ2) is 14.1. The number of aryl methyl sites for hydroxylation is 2. The van der Waals surface area contributed by atoms with Crippen molar-refractivity contribution >= 4 is 40.1 Å². The molecule has 48 heavy (non-hydrogen) atoms. The Kier molecular flexibility index (Phi) is 10.8. The summed E-state index contributed by atoms with van der Waals surface area (Å²) in [5, 5.41) is 11.2. The summed E-state index contributed by atoms with van der Waals surface area (Å²) in [4.78, 5) is 27.0. The second-order valence-electron chi connectivity index (χ2n) is 12.4. The van der Waals surface area contributed by atoms with Crippen molar-refractivity contribution in [2.24, 2.45) is 0 Å². The summed E-state index contributed by atoms with van der Waals surface area (Å²) in [7, 11) is -10.9. The number of rotatable bonds is 14. The van der Waals surface area contributed by atoms with Crippen LogP contribution < -0.4 is 8.37 Å². The molecular formula is C35H38O10S2Si. The maximum atomic E-state index is 13.7. The first-order valence-corrected chi connectivity index (χ1v) is 21.2. The second-order valence-corrected chi connectivity index (χ2v) is 20.0. The first-order chi connectivity index (χ1) is 22.3. The molecule has 0 aliphatic carbocycles. The predicted molar refractivity (Wildman–Crippen MR) is 182 cm³/mol. The Labute approximate surface area is 282 Å². The Hall–Kier alpha value is -4.14. The molecule has 10 nitrogen and oxygen atoms in total. The maximum Gasteiger partial charge on any atom is 0.339 e. The van der Waals surface area contributed by atoms with Gasteiger partial charge in [-0.1, -0.05) is 59.7 Å². The van der Waals surface area contributed by atoms with Crippen LogP contribution in [0.1, 0.15) is 41.7 Å². The summed E-state index contributed by atoms with van der Waals surface area (Å²) >= 11 is 0. The Bertz CT molecular complexity index is 2000. The highest BCUT2D eigenvalue weighted by atomic mass is 32.2. The first kappa shape index (κ1) is 36.7. The van der Waals surface area contributed by atoms with Gasteiger partial charge in [0.1, 0.15) is 33.0 Å². The van der Waals surface area contributed by atoms with E-state index in [1.54, 1.807) is 24.3 Å². The highest BCUT2D eigenvalue weighted by Crippen LogP contribution is 2.38. The molecule has 0 aliphatic rings. The van der Waals surface area contributed by atoms with Crippen molar-refractivity contribution < 1.29 is 44.3 Å². The monoisotopic (exact) mass is 710 g/mol. The van der Waals surface area contributed by atoms with Crippen LogP contribution in [0.2, 0.25) is 19.6 Å². The van der Waals surface area contributed by atoms with Crippen LogP contribution in [0.5, 0.6) is 11.5 Å². The van der Waals surface area contributed by atoms with E-state index in [2.05, 4.69) is 0 Å². The number of aliphatic hydroxyl groups is 1. The third-order valence-corrected chi connectivity index (χ3v) is 10.8. The summed E-state index contributed by atoms with van der Waals surface area (Å²) in [6, 6.07) is 23.4. The summed E-state index contributed by atoms with van der Waals surface area (Å²) < 4.78 is 68.3. The topological polar surface area (TPSA) is 150 Å². The fraction of sp³-hybridized carbons (Fsp3) is 0.257. The van der Waals surface area contributed by atoms with E-state index >= 15 is 0 Å². The zero-order chi connectivity index (χ0) is 35.5. The lowest BCUT2D eigenvalue weighted by molar-refractivity contribution is -0.143. The van der Waals surface area contributed by atoms with Gasteiger partial charge in [0, 0.05) is 6.42 Å². The average Bonchev–Trinajstić information content (AvgIpc) is 3.00. The third-order valence-electron chi connectivity index (χ3n) is 7.30. The fourth-order valence-electron chi connectivity index (χ4n) is 4.92. The molecule has 1 N–H and O–H groups in total. The number of Topliss-reactive ketones (excluding diaryl/α,β-unsaturated/α-hetero) is 2. The Morgan fingerprint density at radius 1 is 0.729 bits per heavy atom. The van der Waals surface area contributed by atoms with Crippen molar-refractivity contribution in [1.29, 1.82) is 0 Å². The molecule has 0 aliphatic heterocycles. The first-order valence-electron chi connectivity index (χ1n) is 15.0. The summed E-state index contributed by atoms with van der Waals surface area (Å²) in [5.41, 5.74) is 0.243. The molecule has 0 bridgehead atoms. The van der Waals surface area contributed by atoms with Crippen LogP contribution in [-0.2, 0) is 39.9 Å². The molecule has 0 aromatic heterocycles. The van der Waals surface area contributed by atoms with Gasteiger partial charge in [0.05, 0.1) is 0 Å². The maximum absolute atomic E-state index is 13.7. The van der Waals surface area contributed by atoms with Crippen LogP contribution >= 0.6 is 0 Å². The van der Waals surface area contributed by atoms with Gasteiger partial charge in [-0.3, -0.25) is 9.59 Å². The standard InChI is InChI=1S/C35H38O10S2Si/c1-24-10-18-31(19-11-24)46(39,40)43-29-16-14-28(15-17-29)35(26(3)36,45-48(4,5)6)23-33(37)34(38)27-8-7-9-30(22-27)44-47(41,42)32-20-12-25(2)13-21-32/h7-22,34,38H,23H2,1-6H3. The Morgan fingerprint density at radius 3 is 1.67 bits per heavy atom. The van der Waals surface area contributed by atoms with Crippen LogP contribution in [-0.4, -0.2) is 41.8 Å². The molecule has 2 unspecified atom stereocenters. The van der Waals surface area contributed by atoms with Crippen LogP contribution in [0.15, 0.2) is 107 Å². The van der Waals surface area contributed by atoms with Crippen LogP contribution in [0, 0.1) is 13.8 Å². The third kappa shape index (κ3) is 8.85. The minimum atomic E-state index is -4.20. The molecule has 13 heteroatoms. The van der Waals surface area contributed by atoms with Crippen molar-refractivity contribution in [2.45, 2.75) is 68.3 Å². The Balaban J connectivity index is 1.61. The van der Waals surface area contributed by atoms with Crippen LogP contribution in [0.3, 0.4) is 0 Å². The minimum absolute atomic E-state index is 0.0199. The minimum Gasteiger partial charge on any atom is -0.401 e. The lowest BCUT2D eigenvalue weighted by Gasteiger charge is -2.38. The van der Waals surface area contributed by atoms with Crippen molar-refractivity contribution in [2.75, 3.05) is 0 Å². The van der Waals surface area contributed by atoms with Gasteiger partial charge in [0.2, 0.25) is 0 Å². The molecular weight excluding hydrogens is 673 g/mol. The van der Waals surface area contributed by atoms with E-state index < -0.39 is 58.2 Å². The molecule has 0 saturated carbocycles. The molecule has 2 atom stereocenters. The summed E-state index contributed by atoms with van der Waals surface area (Å²) in [5.74, 6) is -1.42. The van der Waals surface area contributed by atoms with E-state index in [0.717, 1.165) is 11.1 Å². The van der Waals surface area contributed by atoms with Crippen molar-refractivity contribution in [1.82, 2.24) is 0 Å². The van der Waals surface area contributed by atoms with Gasteiger partial charge in [-0.25, -0.2) is 0 Å². The molecule has 0 saturated heterocycles. The molecule has 254 valence electrons. The SMILES string of the molecule is CC(=O)C(CC(=O)C(O)c1cccc(OS(=O)(=O)c2ccc(C)cc2)c1)(O[Si](C)(C)C)c1ccc(OS(=O)(=O)c2ccc(C)cc2)cc1. The summed E-state index contributed by atoms with van der Waals surface area (Å²) in [6.07, 6.45) is -2.33. The molecule has 0 fully saturated rings. The summed E-state index contributed by atoms with van der Waals surface area (Å²) in [6.45, 7) is 10.4. The zero-order valence-electron chi connectivity index (χ0n) is 27.5. The van der Waals surface area contributed by atoms with E-state index in [-0.39, 0.29) is 32.4 Å². The van der Waals surface area contributed by atoms with Gasteiger partial charge in [0.25, 0.3) is 0 Å². The van der Waals surface area contributed by atoms with E-state index in [4.69, 9.17) is 12.8 Å². The quantitative estimate of drug-likeness (QED) is 0.119. The normalized spacial score (nSPS) is 14.1. The molecule has 0 amide bonds. The predicted octanol–water partition coefficient (Wildman–Crippen LogP) is 6.17. The smallest absolute Gasteiger partial charge is 0.339 e. The molecule has 0 radical (unpaired) electrons. The van der Waals surface area contributed by atoms with E-state index in [1.165, 1.54) is 79.7 Å². The number of carbonyl (C=O) groups excluding carboxylic acids is 2. The van der Waals surface area contributed by atoms with Gasteiger partial charge in [0.15, 0.2) is 19.9 Å². The Morgan fingerprint density at radius 2 is 1.21 bits per heavy atom. The van der Waals surface area contributed by atoms with Gasteiger partial charge >= 0.3 is 20.2 Å². The van der Waals surface area contributed by atoms with E-state index in [1.807, 2.05) is 33.5 Å². The van der Waals surface area contributed by atoms with Gasteiger partial charge in [-0.05, 0) is 100 Å². The number of benzene rings is 4. The lowest BCUT2D eigenvalue weighted by Crippen LogP contribution is -2.47. The zero-order valence-corrected chi connectivity index (χ0v) is 30.1. The van der Waals surface area contributed by atoms with Crippen LogP contribution in [0.25, 0.3) is 0 Å². The molecule has 0 spiro atoms. The fourth-order valence-corrected chi connectivity index (χ4v) is 8.15. The van der Waals surface area contributed by atoms with Crippen LogP contribution in [0.4, 0.5) is 0 Å². The molecule has 4 aromatic rings. The van der Waals surface area contributed by atoms with E-state index in [9.17, 15) is 31.5 Å². The highest BCUT2D eigenvalue weighted by Gasteiger charge is 2.45. The average molecular weight is 711 g/mol. The number of aliphatic hydroxyl groups excluding tert-OH is 1. The van der Waals surface area contributed by atoms with Gasteiger partial charge < -0.3 is 17.9 Å². The largest absolute Gasteiger partial charge is 0.401 e. The number of hydrogen-bond acceptors (Lipinski definition) is 10. The van der Waals surface area contributed by atoms with Gasteiger partial charge in [-0.15, -0.1) is 0 Å². The number of carbonyl (C=O) groups is 2. The number of hydrogen-bond donors (Lipinski definition) is 1. The van der Waals surface area contributed by atoms with Crippen molar-refractivity contribution in [3.05, 3.63) is 119 Å². The van der Waals surface area contributed by atoms with Crippen molar-refractivity contribution in [3.63, 3.8) is 0 Å². The lowest BCUT2D eigenvalue weighted by atomic mass is 9.83. The number of ketones is 2. The molecule has 0 heterocycles. The highest BCUT2D eigenvalue weighted by molar-refractivity contribution is 7.87. The molecule has 4 rings (SSSR count). The van der Waals surface area contributed by atoms with Crippen molar-refractivity contribution in [3.8, 4) is 11.5 Å².